The summed E-state index contributed by atoms with van der Waals surface area (Å²) in [4.78, 5) is 11.9. The molecule has 0 bridgehead atoms. The predicted octanol–water partition coefficient (Wildman–Crippen LogP) is 2.42. The lowest BCUT2D eigenvalue weighted by atomic mass is 10.1. The molecule has 0 aliphatic carbocycles. The fourth-order valence-corrected chi connectivity index (χ4v) is 3.22. The van der Waals surface area contributed by atoms with E-state index in [2.05, 4.69) is 20.0 Å². The molecule has 0 saturated carbocycles. The van der Waals surface area contributed by atoms with Crippen molar-refractivity contribution in [2.24, 2.45) is 5.10 Å². The van der Waals surface area contributed by atoms with Crippen molar-refractivity contribution in [2.75, 3.05) is 6.54 Å². The monoisotopic (exact) mass is 411 g/mol. The van der Waals surface area contributed by atoms with Gasteiger partial charge in [0.05, 0.1) is 17.2 Å². The molecule has 7 nitrogen and oxygen atoms in total. The van der Waals surface area contributed by atoms with Gasteiger partial charge in [-0.25, -0.2) is 18.6 Å². The molecule has 2 rings (SSSR count). The van der Waals surface area contributed by atoms with Crippen molar-refractivity contribution in [2.45, 2.75) is 25.4 Å². The smallest absolute Gasteiger partial charge is 0.387 e. The Bertz CT molecular complexity index is 964. The van der Waals surface area contributed by atoms with Crippen LogP contribution in [0.15, 0.2) is 58.5 Å². The number of carbonyl (C=O) groups excluding carboxylic acids is 1. The maximum atomic E-state index is 12.5. The first-order chi connectivity index (χ1) is 13.2. The average Bonchev–Trinajstić information content (AvgIpc) is 2.66. The molecule has 150 valence electrons. The highest BCUT2D eigenvalue weighted by atomic mass is 32.2. The molecular weight excluding hydrogens is 392 g/mol. The first kappa shape index (κ1) is 21.5. The van der Waals surface area contributed by atoms with E-state index in [0.717, 1.165) is 5.56 Å². The molecule has 1 amide bonds. The number of hydrogen-bond acceptors (Lipinski definition) is 5. The van der Waals surface area contributed by atoms with Gasteiger partial charge in [-0.05, 0) is 38.1 Å². The highest BCUT2D eigenvalue weighted by Gasteiger charge is 2.15. The standard InChI is InChI=1S/C18H19F2N3O4S/c1-12-8-9-16(27-18(19)20)15(10-12)13(2)22-23-17(24)11-21-28(25,26)14-6-4-3-5-7-14/h3-10,18,21H,11H2,1-2H3,(H,23,24)/b22-13-. The normalized spacial score (nSPS) is 12.1. The summed E-state index contributed by atoms with van der Waals surface area (Å²) >= 11 is 0. The van der Waals surface area contributed by atoms with Gasteiger partial charge in [0, 0.05) is 5.56 Å². The molecule has 28 heavy (non-hydrogen) atoms. The van der Waals surface area contributed by atoms with Gasteiger partial charge in [-0.15, -0.1) is 0 Å². The van der Waals surface area contributed by atoms with Crippen LogP contribution < -0.4 is 14.9 Å². The fraction of sp³-hybridized carbons (Fsp3) is 0.222. The zero-order valence-electron chi connectivity index (χ0n) is 15.1. The predicted molar refractivity (Wildman–Crippen MR) is 99.8 cm³/mol. The molecule has 10 heteroatoms. The third kappa shape index (κ3) is 6.10. The minimum absolute atomic E-state index is 0.0241. The lowest BCUT2D eigenvalue weighted by molar-refractivity contribution is -0.119. The van der Waals surface area contributed by atoms with Crippen LogP contribution in [0, 0.1) is 6.92 Å². The van der Waals surface area contributed by atoms with E-state index >= 15 is 0 Å². The Morgan fingerprint density at radius 1 is 1.18 bits per heavy atom. The Morgan fingerprint density at radius 3 is 2.50 bits per heavy atom. The molecular formula is C18H19F2N3O4S. The van der Waals surface area contributed by atoms with E-state index < -0.39 is 29.1 Å². The van der Waals surface area contributed by atoms with E-state index in [0.29, 0.717) is 0 Å². The second-order valence-corrected chi connectivity index (χ2v) is 7.51. The molecule has 0 aromatic heterocycles. The van der Waals surface area contributed by atoms with Gasteiger partial charge in [-0.2, -0.15) is 13.9 Å². The molecule has 0 saturated heterocycles. The molecule has 0 unspecified atom stereocenters. The van der Waals surface area contributed by atoms with Crippen LogP contribution >= 0.6 is 0 Å². The van der Waals surface area contributed by atoms with Crippen molar-refractivity contribution in [3.63, 3.8) is 0 Å². The van der Waals surface area contributed by atoms with Crippen LogP contribution in [0.25, 0.3) is 0 Å². The summed E-state index contributed by atoms with van der Waals surface area (Å²) < 4.78 is 55.8. The van der Waals surface area contributed by atoms with Crippen LogP contribution in [0.4, 0.5) is 8.78 Å². The quantitative estimate of drug-likeness (QED) is 0.515. The summed E-state index contributed by atoms with van der Waals surface area (Å²) in [6, 6.07) is 12.1. The second kappa shape index (κ2) is 9.38. The van der Waals surface area contributed by atoms with Gasteiger partial charge in [0.1, 0.15) is 5.75 Å². The Kier molecular flexibility index (Phi) is 7.18. The van der Waals surface area contributed by atoms with Gasteiger partial charge in [-0.3, -0.25) is 4.79 Å². The van der Waals surface area contributed by atoms with Crippen LogP contribution in [0.3, 0.4) is 0 Å². The molecule has 0 fully saturated rings. The molecule has 2 N–H and O–H groups in total. The average molecular weight is 411 g/mol. The molecule has 0 aliphatic rings. The first-order valence-electron chi connectivity index (χ1n) is 8.13. The molecule has 2 aromatic carbocycles. The number of rotatable bonds is 8. The summed E-state index contributed by atoms with van der Waals surface area (Å²) in [7, 11) is -3.83. The van der Waals surface area contributed by atoms with Crippen molar-refractivity contribution in [3.05, 3.63) is 59.7 Å². The van der Waals surface area contributed by atoms with Gasteiger partial charge in [0.25, 0.3) is 5.91 Å². The molecule has 0 heterocycles. The number of halogens is 2. The zero-order valence-corrected chi connectivity index (χ0v) is 16.0. The van der Waals surface area contributed by atoms with Crippen molar-refractivity contribution >= 4 is 21.6 Å². The van der Waals surface area contributed by atoms with E-state index in [4.69, 9.17) is 0 Å². The zero-order chi connectivity index (χ0) is 20.7. The Morgan fingerprint density at radius 2 is 1.86 bits per heavy atom. The Hall–Kier alpha value is -2.85. The van der Waals surface area contributed by atoms with E-state index in [1.54, 1.807) is 37.3 Å². The van der Waals surface area contributed by atoms with Gasteiger partial charge in [-0.1, -0.05) is 29.8 Å². The van der Waals surface area contributed by atoms with Crippen LogP contribution in [0.2, 0.25) is 0 Å². The second-order valence-electron chi connectivity index (χ2n) is 5.75. The highest BCUT2D eigenvalue weighted by Crippen LogP contribution is 2.22. The number of amides is 1. The largest absolute Gasteiger partial charge is 0.434 e. The number of nitrogens with zero attached hydrogens (tertiary/aromatic N) is 1. The van der Waals surface area contributed by atoms with Crippen molar-refractivity contribution in [1.29, 1.82) is 0 Å². The topological polar surface area (TPSA) is 96.9 Å². The minimum Gasteiger partial charge on any atom is -0.434 e. The van der Waals surface area contributed by atoms with Crippen molar-refractivity contribution in [3.8, 4) is 5.75 Å². The number of hydrazone groups is 1. The molecule has 0 radical (unpaired) electrons. The third-order valence-corrected chi connectivity index (χ3v) is 4.98. The van der Waals surface area contributed by atoms with Crippen molar-refractivity contribution in [1.82, 2.24) is 10.1 Å². The lowest BCUT2D eigenvalue weighted by Gasteiger charge is -2.11. The number of sulfonamides is 1. The summed E-state index contributed by atoms with van der Waals surface area (Å²) in [5.41, 5.74) is 3.47. The number of alkyl halides is 2. The van der Waals surface area contributed by atoms with Crippen LogP contribution in [-0.2, 0) is 14.8 Å². The van der Waals surface area contributed by atoms with Crippen LogP contribution in [-0.4, -0.2) is 33.2 Å². The number of carbonyl (C=O) groups is 1. The fourth-order valence-electron chi connectivity index (χ4n) is 2.21. The summed E-state index contributed by atoms with van der Waals surface area (Å²) in [5.74, 6) is -0.802. The Balaban J connectivity index is 2.03. The number of hydrogen-bond donors (Lipinski definition) is 2. The van der Waals surface area contributed by atoms with E-state index in [1.165, 1.54) is 25.1 Å². The SMILES string of the molecule is C/C(=N/NC(=O)CNS(=O)(=O)c1ccccc1)c1cc(C)ccc1OC(F)F. The summed E-state index contributed by atoms with van der Waals surface area (Å²) in [6.07, 6.45) is 0. The van der Waals surface area contributed by atoms with E-state index in [9.17, 15) is 22.0 Å². The molecule has 0 atom stereocenters. The molecule has 2 aromatic rings. The molecule has 0 aliphatic heterocycles. The summed E-state index contributed by atoms with van der Waals surface area (Å²) in [5, 5.41) is 3.83. The molecule has 0 spiro atoms. The lowest BCUT2D eigenvalue weighted by Crippen LogP contribution is -2.35. The first-order valence-corrected chi connectivity index (χ1v) is 9.61. The highest BCUT2D eigenvalue weighted by molar-refractivity contribution is 7.89. The van der Waals surface area contributed by atoms with Gasteiger partial charge in [0.2, 0.25) is 10.0 Å². The number of benzene rings is 2. The Labute approximate surface area is 161 Å². The number of aryl methyl sites for hydroxylation is 1. The van der Waals surface area contributed by atoms with E-state index in [-0.39, 0.29) is 21.9 Å². The van der Waals surface area contributed by atoms with Crippen LogP contribution in [0.5, 0.6) is 5.75 Å². The number of ether oxygens (including phenoxy) is 1. The van der Waals surface area contributed by atoms with Gasteiger partial charge < -0.3 is 4.74 Å². The number of nitrogens with one attached hydrogen (secondary N) is 2. The van der Waals surface area contributed by atoms with Crippen LogP contribution in [0.1, 0.15) is 18.1 Å². The van der Waals surface area contributed by atoms with Gasteiger partial charge in [0.15, 0.2) is 0 Å². The maximum Gasteiger partial charge on any atom is 0.387 e. The third-order valence-electron chi connectivity index (χ3n) is 3.57. The maximum absolute atomic E-state index is 12.5. The van der Waals surface area contributed by atoms with E-state index in [1.807, 2.05) is 0 Å². The minimum atomic E-state index is -3.83. The van der Waals surface area contributed by atoms with Crippen molar-refractivity contribution < 1.29 is 26.7 Å². The summed E-state index contributed by atoms with van der Waals surface area (Å²) in [6.45, 7) is -0.278. The van der Waals surface area contributed by atoms with Gasteiger partial charge >= 0.3 is 6.61 Å².